The van der Waals surface area contributed by atoms with Gasteiger partial charge in [0.1, 0.15) is 11.5 Å². The van der Waals surface area contributed by atoms with Gasteiger partial charge in [0.05, 0.1) is 0 Å². The molecule has 350 valence electrons. The number of hydrogen-bond donors (Lipinski definition) is 1. The van der Waals surface area contributed by atoms with E-state index in [0.29, 0.717) is 36.8 Å². The molecule has 0 aromatic heterocycles. The van der Waals surface area contributed by atoms with E-state index in [0.717, 1.165) is 126 Å². The normalized spacial score (nSPS) is 20.8. The standard InChI is InChI=1S/C21H31F3N2O3S.C20H29F3N2O3S.CH4.FH/c1-3-10-26(15-16-8-11-25(2)12-9-16)19-6-4-17-5-7-20(14-18(17)13-19)29-30(27,28)21(22,23)24;1-2-11-25(14-15-7-9-24-10-8-15)18-5-3-16-4-6-19(13-17(16)12-18)28-29(26,27)20(21,22)23;;/h5,7,14,16,19H,3-4,6,8-13,15H2,1-2H3;4,6,13,15,18,24H,2-3,5,7-12,14H2,1H3;1H4;1H/i/hT. The summed E-state index contributed by atoms with van der Waals surface area (Å²) in [6, 6.07) is 9.53. The first-order chi connectivity index (χ1) is 28.8. The van der Waals surface area contributed by atoms with E-state index in [2.05, 4.69) is 50.7 Å². The molecule has 1 N–H and O–H groups in total. The number of nitrogens with one attached hydrogen (secondary N) is 1. The topological polar surface area (TPSA) is 108 Å². The van der Waals surface area contributed by atoms with Gasteiger partial charge < -0.3 is 18.6 Å². The summed E-state index contributed by atoms with van der Waals surface area (Å²) in [6.07, 6.45) is 11.9. The molecule has 0 bridgehead atoms. The fourth-order valence-corrected chi connectivity index (χ4v) is 9.80. The number of likely N-dealkylation sites (tertiary alicyclic amines) is 1. The quantitative estimate of drug-likeness (QED) is 0.114. The molecule has 2 unspecified atom stereocenters. The molecule has 2 heterocycles. The summed E-state index contributed by atoms with van der Waals surface area (Å²) in [4.78, 5) is 7.39. The number of piperidine rings is 2. The molecule has 2 aliphatic heterocycles. The summed E-state index contributed by atoms with van der Waals surface area (Å²) in [6.45, 7) is 12.7. The van der Waals surface area contributed by atoms with Crippen LogP contribution >= 0.6 is 0 Å². The van der Waals surface area contributed by atoms with Crippen molar-refractivity contribution in [2.75, 3.05) is 59.4 Å². The van der Waals surface area contributed by atoms with Gasteiger partial charge in [0, 0.05) is 25.2 Å². The van der Waals surface area contributed by atoms with Crippen molar-refractivity contribution in [2.24, 2.45) is 11.8 Å². The Bertz CT molecular complexity index is 1900. The van der Waals surface area contributed by atoms with E-state index >= 15 is 0 Å². The number of benzene rings is 2. The van der Waals surface area contributed by atoms with Crippen molar-refractivity contribution in [3.63, 3.8) is 0 Å². The summed E-state index contributed by atoms with van der Waals surface area (Å²) in [7, 11) is -9.16. The highest BCUT2D eigenvalue weighted by Gasteiger charge is 2.49. The molecule has 0 saturated carbocycles. The number of fused-ring (bicyclic) bond motifs is 2. The predicted octanol–water partition coefficient (Wildman–Crippen LogP) is 8.10. The van der Waals surface area contributed by atoms with Gasteiger partial charge in [-0.15, -0.1) is 0 Å². The third-order valence-corrected chi connectivity index (χ3v) is 14.0. The van der Waals surface area contributed by atoms with E-state index in [1.165, 1.54) is 37.1 Å². The maximum Gasteiger partial charge on any atom is 0.534 e. The van der Waals surface area contributed by atoms with Gasteiger partial charge in [-0.25, -0.2) is 0 Å². The number of alkyl halides is 6. The molecule has 2 saturated heterocycles. The van der Waals surface area contributed by atoms with Crippen LogP contribution in [0.15, 0.2) is 36.4 Å². The maximum absolute atomic E-state index is 12.6. The molecule has 0 radical (unpaired) electrons. The Kier molecular flexibility index (Phi) is 19.0. The zero-order chi connectivity index (χ0) is 45.0. The van der Waals surface area contributed by atoms with Crippen LogP contribution in [0.5, 0.6) is 11.5 Å². The molecule has 2 atom stereocenters. The second-order valence-electron chi connectivity index (χ2n) is 16.6. The number of aryl methyl sites for hydroxylation is 2. The van der Waals surface area contributed by atoms with Crippen LogP contribution in [0.1, 0.15) is 94.9 Å². The molecule has 2 aromatic rings. The molecule has 10 nitrogen and oxygen atoms in total. The molecule has 4 aliphatic rings. The summed E-state index contributed by atoms with van der Waals surface area (Å²) < 4.78 is 143. The van der Waals surface area contributed by atoms with Gasteiger partial charge in [-0.2, -0.15) is 43.2 Å². The van der Waals surface area contributed by atoms with Crippen LogP contribution < -0.4 is 13.7 Å². The Labute approximate surface area is 359 Å². The number of nitrogens with zero attached hydrogens (tertiary/aromatic N) is 3. The second-order valence-corrected chi connectivity index (χ2v) is 19.6. The molecule has 2 fully saturated rings. The molecule has 0 spiro atoms. The second kappa shape index (κ2) is 22.8. The zero-order valence-electron chi connectivity index (χ0n) is 35.7. The van der Waals surface area contributed by atoms with E-state index in [4.69, 9.17) is 4.72 Å². The third-order valence-electron chi connectivity index (χ3n) is 12.1. The minimum Gasteiger partial charge on any atom is -0.376 e. The Morgan fingerprint density at radius 3 is 1.46 bits per heavy atom. The highest BCUT2D eigenvalue weighted by Crippen LogP contribution is 2.34. The van der Waals surface area contributed by atoms with Crippen LogP contribution in [0.2, 0.25) is 0 Å². The summed E-state index contributed by atoms with van der Waals surface area (Å²) >= 11 is 0. The summed E-state index contributed by atoms with van der Waals surface area (Å²) in [5, 5.41) is 3.39. The molecular weight excluding hydrogens is 854 g/mol. The van der Waals surface area contributed by atoms with Crippen molar-refractivity contribution in [1.29, 1.82) is 1.45 Å². The molecular formula is C42H65F7N4O6S2. The lowest BCUT2D eigenvalue weighted by atomic mass is 9.86. The Morgan fingerprint density at radius 1 is 0.689 bits per heavy atom. The minimum atomic E-state index is -5.65. The van der Waals surface area contributed by atoms with E-state index in [1.54, 1.807) is 12.1 Å². The average molecular weight is 921 g/mol. The van der Waals surface area contributed by atoms with Gasteiger partial charge in [-0.1, -0.05) is 33.4 Å². The Balaban J connectivity index is 0.000000313. The fraction of sp³-hybridized carbons (Fsp3) is 0.714. The summed E-state index contributed by atoms with van der Waals surface area (Å²) in [5.41, 5.74) is -7.00. The van der Waals surface area contributed by atoms with Crippen LogP contribution in [0.25, 0.3) is 0 Å². The van der Waals surface area contributed by atoms with Crippen LogP contribution in [0, 0.1) is 11.8 Å². The predicted molar refractivity (Wildman–Crippen MR) is 224 cm³/mol. The van der Waals surface area contributed by atoms with Crippen molar-refractivity contribution in [3.05, 3.63) is 58.7 Å². The monoisotopic (exact) mass is 920 g/mol. The van der Waals surface area contributed by atoms with Gasteiger partial charge in [0.25, 0.3) is 1.45 Å². The van der Waals surface area contributed by atoms with E-state index in [1.807, 2.05) is 0 Å². The average Bonchev–Trinajstić information content (AvgIpc) is 3.21. The van der Waals surface area contributed by atoms with Crippen molar-refractivity contribution >= 4 is 20.2 Å². The fourth-order valence-electron chi connectivity index (χ4n) is 8.90. The Hall–Kier alpha value is -2.71. The maximum atomic E-state index is 12.6. The smallest absolute Gasteiger partial charge is 0.376 e. The molecule has 6 rings (SSSR count). The molecule has 61 heavy (non-hydrogen) atoms. The zero-order valence-corrected chi connectivity index (χ0v) is 36.3. The Morgan fingerprint density at radius 2 is 1.08 bits per heavy atom. The number of hydrogen-bond acceptors (Lipinski definition) is 10. The van der Waals surface area contributed by atoms with Gasteiger partial charge in [0.2, 0.25) is 0 Å². The van der Waals surface area contributed by atoms with Crippen molar-refractivity contribution in [2.45, 2.75) is 121 Å². The van der Waals surface area contributed by atoms with E-state index in [-0.39, 0.29) is 18.9 Å². The first-order valence-corrected chi connectivity index (χ1v) is 23.7. The lowest BCUT2D eigenvalue weighted by Crippen LogP contribution is -2.44. The van der Waals surface area contributed by atoms with Crippen molar-refractivity contribution in [3.8, 4) is 11.5 Å². The molecule has 2 aromatic carbocycles. The van der Waals surface area contributed by atoms with Crippen molar-refractivity contribution < 1.29 is 56.3 Å². The number of halogens is 7. The largest absolute Gasteiger partial charge is 0.534 e. The molecule has 19 heteroatoms. The van der Waals surface area contributed by atoms with Crippen LogP contribution in [0.3, 0.4) is 0 Å². The first-order valence-electron chi connectivity index (χ1n) is 21.3. The lowest BCUT2D eigenvalue weighted by molar-refractivity contribution is -0.0504. The van der Waals surface area contributed by atoms with E-state index in [9.17, 15) is 43.2 Å². The van der Waals surface area contributed by atoms with Crippen LogP contribution in [0.4, 0.5) is 31.1 Å². The first kappa shape index (κ1) is 50.9. The van der Waals surface area contributed by atoms with Gasteiger partial charge >= 0.3 is 31.3 Å². The van der Waals surface area contributed by atoms with Gasteiger partial charge in [-0.05, 0) is 182 Å². The minimum absolute atomic E-state index is 0. The van der Waals surface area contributed by atoms with Crippen LogP contribution in [-0.2, 0) is 45.9 Å². The highest BCUT2D eigenvalue weighted by molar-refractivity contribution is 7.88. The summed E-state index contributed by atoms with van der Waals surface area (Å²) in [5.74, 6) is 0.780. The molecule has 2 aliphatic carbocycles. The van der Waals surface area contributed by atoms with E-state index < -0.39 is 31.3 Å². The lowest BCUT2D eigenvalue weighted by Gasteiger charge is -2.39. The number of rotatable bonds is 14. The van der Waals surface area contributed by atoms with Crippen LogP contribution in [-0.4, -0.2) is 115 Å². The van der Waals surface area contributed by atoms with Crippen molar-refractivity contribution in [1.82, 2.24) is 20.0 Å². The highest BCUT2D eigenvalue weighted by atomic mass is 32.2. The SMILES string of the molecule is C.CCCN(CC1CCN(C)CC1)C1CCc2ccc(OS(=O)(=O)C(F)(F)F)cc2C1.CCCN(CC1CCNCC1)C1CCc2ccc(OS(=O)(=O)C(F)(F)F)cc2C1.[3H]F. The molecule has 0 amide bonds. The van der Waals surface area contributed by atoms with Gasteiger partial charge in [-0.3, -0.25) is 14.5 Å². The van der Waals surface area contributed by atoms with Gasteiger partial charge in [0.15, 0.2) is 0 Å². The third kappa shape index (κ3) is 14.7.